The highest BCUT2D eigenvalue weighted by molar-refractivity contribution is 6.33. The van der Waals surface area contributed by atoms with Crippen LogP contribution >= 0.6 is 11.6 Å². The molecular formula is C13H14ClNO2. The molecule has 1 aliphatic carbocycles. The second-order valence-electron chi connectivity index (χ2n) is 5.18. The molecule has 0 bridgehead atoms. The van der Waals surface area contributed by atoms with Crippen molar-refractivity contribution in [3.05, 3.63) is 28.8 Å². The Kier molecular flexibility index (Phi) is 2.33. The molecule has 0 unspecified atom stereocenters. The fraction of sp³-hybridized carbons (Fsp3) is 0.462. The van der Waals surface area contributed by atoms with Crippen LogP contribution in [0.2, 0.25) is 5.02 Å². The zero-order chi connectivity index (χ0) is 12.0. The molecule has 2 fully saturated rings. The number of hydrogen-bond acceptors (Lipinski definition) is 2. The maximum Gasteiger partial charge on any atom is 0.337 e. The minimum Gasteiger partial charge on any atom is -0.478 e. The molecule has 1 spiro atoms. The minimum atomic E-state index is -0.962. The normalized spacial score (nSPS) is 20.9. The van der Waals surface area contributed by atoms with Crippen LogP contribution in [0.3, 0.4) is 0 Å². The first-order valence-electron chi connectivity index (χ1n) is 5.88. The molecule has 0 aromatic heterocycles. The van der Waals surface area contributed by atoms with Crippen molar-refractivity contribution in [1.29, 1.82) is 0 Å². The van der Waals surface area contributed by atoms with E-state index in [9.17, 15) is 4.79 Å². The Morgan fingerprint density at radius 2 is 2.06 bits per heavy atom. The van der Waals surface area contributed by atoms with Gasteiger partial charge in [-0.2, -0.15) is 0 Å². The molecule has 0 atom stereocenters. The van der Waals surface area contributed by atoms with Crippen molar-refractivity contribution >= 4 is 23.3 Å². The Morgan fingerprint density at radius 1 is 1.35 bits per heavy atom. The smallest absolute Gasteiger partial charge is 0.337 e. The summed E-state index contributed by atoms with van der Waals surface area (Å²) in [4.78, 5) is 13.2. The summed E-state index contributed by atoms with van der Waals surface area (Å²) in [5.41, 5.74) is 1.71. The van der Waals surface area contributed by atoms with E-state index in [1.54, 1.807) is 12.1 Å². The van der Waals surface area contributed by atoms with E-state index < -0.39 is 5.97 Å². The van der Waals surface area contributed by atoms with Crippen LogP contribution in [-0.4, -0.2) is 24.2 Å². The molecule has 1 aliphatic heterocycles. The van der Waals surface area contributed by atoms with Crippen LogP contribution in [0.15, 0.2) is 18.2 Å². The van der Waals surface area contributed by atoms with E-state index in [1.165, 1.54) is 19.3 Å². The summed E-state index contributed by atoms with van der Waals surface area (Å²) in [5, 5.41) is 9.33. The number of halogens is 1. The molecule has 2 aliphatic rings. The van der Waals surface area contributed by atoms with E-state index in [4.69, 9.17) is 16.7 Å². The molecule has 0 radical (unpaired) electrons. The Morgan fingerprint density at radius 3 is 2.59 bits per heavy atom. The third-order valence-electron chi connectivity index (χ3n) is 4.01. The van der Waals surface area contributed by atoms with Crippen molar-refractivity contribution in [3.8, 4) is 0 Å². The number of hydrogen-bond donors (Lipinski definition) is 1. The molecule has 0 amide bonds. The average molecular weight is 252 g/mol. The lowest BCUT2D eigenvalue weighted by molar-refractivity contribution is 0.0697. The molecule has 1 saturated carbocycles. The van der Waals surface area contributed by atoms with Gasteiger partial charge in [-0.3, -0.25) is 0 Å². The first-order valence-corrected chi connectivity index (χ1v) is 6.25. The maximum absolute atomic E-state index is 11.0. The number of carboxylic acids is 1. The van der Waals surface area contributed by atoms with Gasteiger partial charge in [0.25, 0.3) is 0 Å². The van der Waals surface area contributed by atoms with Crippen molar-refractivity contribution in [2.45, 2.75) is 19.3 Å². The van der Waals surface area contributed by atoms with Gasteiger partial charge in [-0.15, -0.1) is 0 Å². The lowest BCUT2D eigenvalue weighted by Crippen LogP contribution is -2.59. The highest BCUT2D eigenvalue weighted by Gasteiger charge is 2.47. The number of carboxylic acid groups (broad SMARTS) is 1. The molecule has 17 heavy (non-hydrogen) atoms. The monoisotopic (exact) mass is 251 g/mol. The predicted octanol–water partition coefficient (Wildman–Crippen LogP) is 3.03. The van der Waals surface area contributed by atoms with E-state index in [-0.39, 0.29) is 5.56 Å². The highest BCUT2D eigenvalue weighted by Crippen LogP contribution is 2.49. The van der Waals surface area contributed by atoms with Crippen LogP contribution in [0.4, 0.5) is 5.69 Å². The van der Waals surface area contributed by atoms with E-state index in [1.807, 2.05) is 6.07 Å². The van der Waals surface area contributed by atoms with Gasteiger partial charge in [-0.1, -0.05) is 18.0 Å². The van der Waals surface area contributed by atoms with Crippen LogP contribution in [0.1, 0.15) is 29.6 Å². The largest absolute Gasteiger partial charge is 0.478 e. The molecule has 1 N–H and O–H groups in total. The standard InChI is InChI=1S/C13H14ClNO2/c14-11-3-2-9(6-10(11)12(16)17)15-7-13(8-15)4-1-5-13/h2-3,6H,1,4-5,7-8H2,(H,16,17). The van der Waals surface area contributed by atoms with Gasteiger partial charge in [0.2, 0.25) is 0 Å². The van der Waals surface area contributed by atoms with Gasteiger partial charge in [0.1, 0.15) is 0 Å². The number of aromatic carboxylic acids is 1. The molecule has 1 saturated heterocycles. The lowest BCUT2D eigenvalue weighted by atomic mass is 9.63. The minimum absolute atomic E-state index is 0.193. The molecule has 3 nitrogen and oxygen atoms in total. The number of rotatable bonds is 2. The summed E-state index contributed by atoms with van der Waals surface area (Å²) in [7, 11) is 0. The van der Waals surface area contributed by atoms with Crippen molar-refractivity contribution in [3.63, 3.8) is 0 Å². The second-order valence-corrected chi connectivity index (χ2v) is 5.59. The molecule has 4 heteroatoms. The first kappa shape index (κ1) is 10.9. The molecule has 3 rings (SSSR count). The zero-order valence-corrected chi connectivity index (χ0v) is 10.2. The zero-order valence-electron chi connectivity index (χ0n) is 9.45. The lowest BCUT2D eigenvalue weighted by Gasteiger charge is -2.57. The van der Waals surface area contributed by atoms with Crippen LogP contribution in [0, 0.1) is 5.41 Å². The van der Waals surface area contributed by atoms with Crippen LogP contribution in [-0.2, 0) is 0 Å². The Labute approximate surface area is 105 Å². The van der Waals surface area contributed by atoms with E-state index in [0.717, 1.165) is 18.8 Å². The van der Waals surface area contributed by atoms with Crippen LogP contribution in [0.5, 0.6) is 0 Å². The van der Waals surface area contributed by atoms with E-state index in [2.05, 4.69) is 4.90 Å². The summed E-state index contributed by atoms with van der Waals surface area (Å²) in [6.07, 6.45) is 3.99. The Bertz CT molecular complexity index is 474. The van der Waals surface area contributed by atoms with Gasteiger partial charge in [0.15, 0.2) is 0 Å². The highest BCUT2D eigenvalue weighted by atomic mass is 35.5. The first-order chi connectivity index (χ1) is 8.10. The number of benzene rings is 1. The molecule has 1 heterocycles. The number of nitrogens with zero attached hydrogens (tertiary/aromatic N) is 1. The summed E-state index contributed by atoms with van der Waals surface area (Å²) in [6.45, 7) is 2.13. The summed E-state index contributed by atoms with van der Waals surface area (Å²) in [6, 6.07) is 5.25. The van der Waals surface area contributed by atoms with Gasteiger partial charge in [0, 0.05) is 24.2 Å². The average Bonchev–Trinajstić information content (AvgIpc) is 2.15. The predicted molar refractivity (Wildman–Crippen MR) is 66.9 cm³/mol. The topological polar surface area (TPSA) is 40.5 Å². The van der Waals surface area contributed by atoms with Gasteiger partial charge < -0.3 is 10.0 Å². The van der Waals surface area contributed by atoms with Crippen molar-refractivity contribution < 1.29 is 9.90 Å². The number of carbonyl (C=O) groups is 1. The Balaban J connectivity index is 1.80. The fourth-order valence-electron chi connectivity index (χ4n) is 2.81. The van der Waals surface area contributed by atoms with E-state index >= 15 is 0 Å². The van der Waals surface area contributed by atoms with Gasteiger partial charge >= 0.3 is 5.97 Å². The molecule has 1 aromatic rings. The van der Waals surface area contributed by atoms with Crippen LogP contribution < -0.4 is 4.90 Å². The van der Waals surface area contributed by atoms with E-state index in [0.29, 0.717) is 10.4 Å². The molecule has 1 aromatic carbocycles. The summed E-state index contributed by atoms with van der Waals surface area (Å²) in [5.74, 6) is -0.962. The third-order valence-corrected chi connectivity index (χ3v) is 4.34. The van der Waals surface area contributed by atoms with Gasteiger partial charge in [-0.25, -0.2) is 4.79 Å². The van der Waals surface area contributed by atoms with Crippen molar-refractivity contribution in [2.24, 2.45) is 5.41 Å². The van der Waals surface area contributed by atoms with Gasteiger partial charge in [-0.05, 0) is 31.0 Å². The maximum atomic E-state index is 11.0. The fourth-order valence-corrected chi connectivity index (χ4v) is 3.01. The quantitative estimate of drug-likeness (QED) is 0.878. The van der Waals surface area contributed by atoms with Gasteiger partial charge in [0.05, 0.1) is 10.6 Å². The summed E-state index contributed by atoms with van der Waals surface area (Å²) >= 11 is 5.85. The number of anilines is 1. The van der Waals surface area contributed by atoms with Crippen LogP contribution in [0.25, 0.3) is 0 Å². The van der Waals surface area contributed by atoms with Crippen molar-refractivity contribution in [1.82, 2.24) is 0 Å². The molecule has 90 valence electrons. The molecular weight excluding hydrogens is 238 g/mol. The summed E-state index contributed by atoms with van der Waals surface area (Å²) < 4.78 is 0. The third kappa shape index (κ3) is 1.69. The Hall–Kier alpha value is -1.22. The second kappa shape index (κ2) is 3.64. The SMILES string of the molecule is O=C(O)c1cc(N2CC3(CCC3)C2)ccc1Cl. The van der Waals surface area contributed by atoms with Crippen molar-refractivity contribution in [2.75, 3.05) is 18.0 Å².